The third kappa shape index (κ3) is 10.1. The minimum absolute atomic E-state index is 0.564. The van der Waals surface area contributed by atoms with E-state index < -0.39 is 0 Å². The van der Waals surface area contributed by atoms with E-state index in [-0.39, 0.29) is 0 Å². The lowest BCUT2D eigenvalue weighted by Gasteiger charge is -2.01. The molecule has 0 bridgehead atoms. The van der Waals surface area contributed by atoms with Crippen molar-refractivity contribution in [1.29, 1.82) is 0 Å². The SMILES string of the molecule is C=C(C)COSSOCC(=C)C. The topological polar surface area (TPSA) is 18.5 Å². The molecule has 0 saturated carbocycles. The minimum atomic E-state index is 0.564. The van der Waals surface area contributed by atoms with Crippen molar-refractivity contribution in [2.45, 2.75) is 13.8 Å². The third-order valence-electron chi connectivity index (χ3n) is 0.735. The molecule has 0 fully saturated rings. The van der Waals surface area contributed by atoms with E-state index in [1.807, 2.05) is 13.8 Å². The van der Waals surface area contributed by atoms with Gasteiger partial charge in [-0.25, -0.2) is 0 Å². The van der Waals surface area contributed by atoms with Gasteiger partial charge in [0.2, 0.25) is 0 Å². The molecule has 0 aliphatic carbocycles. The molecular weight excluding hydrogens is 192 g/mol. The standard InChI is InChI=1S/C8H14O2S2/c1-7(2)5-9-11-12-10-6-8(3)4/h1,3,5-6H2,2,4H3. The lowest BCUT2D eigenvalue weighted by Crippen LogP contribution is -1.87. The summed E-state index contributed by atoms with van der Waals surface area (Å²) in [6.45, 7) is 12.4. The molecule has 0 aliphatic heterocycles. The first-order valence-electron chi connectivity index (χ1n) is 3.49. The highest BCUT2D eigenvalue weighted by molar-refractivity contribution is 8.73. The van der Waals surface area contributed by atoms with Gasteiger partial charge in [-0.15, -0.1) is 0 Å². The van der Waals surface area contributed by atoms with Crippen molar-refractivity contribution in [1.82, 2.24) is 0 Å². The van der Waals surface area contributed by atoms with Gasteiger partial charge >= 0.3 is 0 Å². The zero-order chi connectivity index (χ0) is 9.40. The van der Waals surface area contributed by atoms with Gasteiger partial charge in [-0.3, -0.25) is 8.37 Å². The van der Waals surface area contributed by atoms with Crippen molar-refractivity contribution in [3.8, 4) is 0 Å². The zero-order valence-electron chi connectivity index (χ0n) is 7.46. The molecule has 0 spiro atoms. The van der Waals surface area contributed by atoms with Crippen molar-refractivity contribution in [2.24, 2.45) is 0 Å². The highest BCUT2D eigenvalue weighted by Gasteiger charge is 1.92. The van der Waals surface area contributed by atoms with Crippen LogP contribution in [0.5, 0.6) is 0 Å². The van der Waals surface area contributed by atoms with Crippen LogP contribution in [0.4, 0.5) is 0 Å². The van der Waals surface area contributed by atoms with Crippen molar-refractivity contribution in [3.05, 3.63) is 24.3 Å². The van der Waals surface area contributed by atoms with Gasteiger partial charge in [-0.05, 0) is 13.8 Å². The van der Waals surface area contributed by atoms with Gasteiger partial charge in [0, 0.05) is 0 Å². The molecule has 0 aromatic rings. The molecule has 0 rings (SSSR count). The first-order valence-corrected chi connectivity index (χ1v) is 5.49. The Hall–Kier alpha value is 0.100. The average molecular weight is 206 g/mol. The van der Waals surface area contributed by atoms with Crippen molar-refractivity contribution in [2.75, 3.05) is 13.2 Å². The van der Waals surface area contributed by atoms with E-state index in [9.17, 15) is 0 Å². The Morgan fingerprint density at radius 1 is 1.00 bits per heavy atom. The molecule has 0 amide bonds. The van der Waals surface area contributed by atoms with E-state index in [1.165, 1.54) is 22.1 Å². The fraction of sp³-hybridized carbons (Fsp3) is 0.500. The molecule has 0 radical (unpaired) electrons. The van der Waals surface area contributed by atoms with Crippen LogP contribution in [0.25, 0.3) is 0 Å². The van der Waals surface area contributed by atoms with Crippen LogP contribution in [0, 0.1) is 0 Å². The zero-order valence-corrected chi connectivity index (χ0v) is 9.09. The van der Waals surface area contributed by atoms with E-state index in [2.05, 4.69) is 13.2 Å². The molecule has 0 aromatic heterocycles. The van der Waals surface area contributed by atoms with Crippen LogP contribution in [-0.2, 0) is 8.37 Å². The number of hydrogen-bond acceptors (Lipinski definition) is 4. The lowest BCUT2D eigenvalue weighted by atomic mass is 10.4. The summed E-state index contributed by atoms with van der Waals surface area (Å²) in [5, 5.41) is 0. The summed E-state index contributed by atoms with van der Waals surface area (Å²) < 4.78 is 10.2. The average Bonchev–Trinajstić information content (AvgIpc) is 1.95. The highest BCUT2D eigenvalue weighted by atomic mass is 33.1. The highest BCUT2D eigenvalue weighted by Crippen LogP contribution is 2.24. The molecule has 2 nitrogen and oxygen atoms in total. The van der Waals surface area contributed by atoms with E-state index >= 15 is 0 Å². The molecular formula is C8H14O2S2. The molecule has 0 heterocycles. The Bertz CT molecular complexity index is 139. The fourth-order valence-corrected chi connectivity index (χ4v) is 1.39. The second-order valence-corrected chi connectivity index (χ2v) is 4.13. The predicted molar refractivity (Wildman–Crippen MR) is 56.7 cm³/mol. The molecule has 0 unspecified atom stereocenters. The first kappa shape index (κ1) is 12.1. The quantitative estimate of drug-likeness (QED) is 0.275. The number of rotatable bonds is 7. The summed E-state index contributed by atoms with van der Waals surface area (Å²) in [4.78, 5) is 0. The normalized spacial score (nSPS) is 9.83. The summed E-state index contributed by atoms with van der Waals surface area (Å²) >= 11 is 2.43. The van der Waals surface area contributed by atoms with Gasteiger partial charge in [-0.2, -0.15) is 0 Å². The Morgan fingerprint density at radius 3 is 1.58 bits per heavy atom. The van der Waals surface area contributed by atoms with Crippen LogP contribution in [0.3, 0.4) is 0 Å². The summed E-state index contributed by atoms with van der Waals surface area (Å²) in [5.74, 6) is 0. The predicted octanol–water partition coefficient (Wildman–Crippen LogP) is 3.38. The Balaban J connectivity index is 3.01. The van der Waals surface area contributed by atoms with Gasteiger partial charge in [0.1, 0.15) is 0 Å². The second-order valence-electron chi connectivity index (χ2n) is 2.57. The smallest absolute Gasteiger partial charge is 0.0928 e. The third-order valence-corrected chi connectivity index (χ3v) is 1.96. The molecule has 0 saturated heterocycles. The van der Waals surface area contributed by atoms with Crippen LogP contribution in [-0.4, -0.2) is 13.2 Å². The van der Waals surface area contributed by atoms with Gasteiger partial charge < -0.3 is 0 Å². The van der Waals surface area contributed by atoms with Crippen LogP contribution < -0.4 is 0 Å². The van der Waals surface area contributed by atoms with Crippen LogP contribution in [0.15, 0.2) is 24.3 Å². The van der Waals surface area contributed by atoms with Gasteiger partial charge in [0.05, 0.1) is 35.4 Å². The molecule has 70 valence electrons. The molecule has 4 heteroatoms. The minimum Gasteiger partial charge on any atom is -0.299 e. The van der Waals surface area contributed by atoms with Crippen LogP contribution in [0.1, 0.15) is 13.8 Å². The summed E-state index contributed by atoms with van der Waals surface area (Å²) in [6.07, 6.45) is 0. The van der Waals surface area contributed by atoms with Crippen molar-refractivity contribution >= 4 is 22.1 Å². The van der Waals surface area contributed by atoms with Crippen LogP contribution in [0.2, 0.25) is 0 Å². The van der Waals surface area contributed by atoms with E-state index in [4.69, 9.17) is 8.37 Å². The summed E-state index contributed by atoms with van der Waals surface area (Å²) in [6, 6.07) is 0. The molecule has 0 N–H and O–H groups in total. The molecule has 0 atom stereocenters. The lowest BCUT2D eigenvalue weighted by molar-refractivity contribution is 0.408. The van der Waals surface area contributed by atoms with Crippen molar-refractivity contribution < 1.29 is 8.37 Å². The summed E-state index contributed by atoms with van der Waals surface area (Å²) in [5.41, 5.74) is 2.01. The maximum atomic E-state index is 5.10. The maximum Gasteiger partial charge on any atom is 0.0928 e. The van der Waals surface area contributed by atoms with Gasteiger partial charge in [-0.1, -0.05) is 24.3 Å². The van der Waals surface area contributed by atoms with Gasteiger partial charge in [0.25, 0.3) is 0 Å². The second kappa shape index (κ2) is 7.73. The monoisotopic (exact) mass is 206 g/mol. The van der Waals surface area contributed by atoms with E-state index in [0.29, 0.717) is 13.2 Å². The Labute approximate surface area is 82.2 Å². The molecule has 0 aliphatic rings. The van der Waals surface area contributed by atoms with Crippen LogP contribution >= 0.6 is 22.1 Å². The van der Waals surface area contributed by atoms with E-state index in [0.717, 1.165) is 11.1 Å². The molecule has 12 heavy (non-hydrogen) atoms. The Morgan fingerprint density at radius 2 is 1.33 bits per heavy atom. The van der Waals surface area contributed by atoms with E-state index in [1.54, 1.807) is 0 Å². The molecule has 0 aromatic carbocycles. The fourth-order valence-electron chi connectivity index (χ4n) is 0.289. The summed E-state index contributed by atoms with van der Waals surface area (Å²) in [7, 11) is 0. The van der Waals surface area contributed by atoms with Crippen molar-refractivity contribution in [3.63, 3.8) is 0 Å². The number of hydrogen-bond donors (Lipinski definition) is 0. The maximum absolute atomic E-state index is 5.10. The first-order chi connectivity index (χ1) is 5.63. The van der Waals surface area contributed by atoms with Gasteiger partial charge in [0.15, 0.2) is 0 Å². The largest absolute Gasteiger partial charge is 0.299 e. The Kier molecular flexibility index (Phi) is 7.80.